The molecule has 0 aromatic heterocycles. The van der Waals surface area contributed by atoms with Crippen molar-refractivity contribution in [2.45, 2.75) is 48.2 Å². The van der Waals surface area contributed by atoms with Crippen LogP contribution in [0.15, 0.2) is 0 Å². The third kappa shape index (κ3) is 3.30. The first kappa shape index (κ1) is 19.9. The minimum Gasteiger partial charge on any atom is -0.391 e. The summed E-state index contributed by atoms with van der Waals surface area (Å²) in [5.41, 5.74) is 0. The van der Waals surface area contributed by atoms with Crippen LogP contribution in [0.25, 0.3) is 0 Å². The fraction of sp³-hybridized carbons (Fsp3) is 1.00. The van der Waals surface area contributed by atoms with Gasteiger partial charge in [-0.1, -0.05) is 0 Å². The first-order chi connectivity index (χ1) is 13.1. The Labute approximate surface area is 155 Å². The molecule has 0 aromatic rings. The Hall–Kier alpha value is -0.440. The zero-order chi connectivity index (χ0) is 19.1. The molecule has 0 unspecified atom stereocenters. The van der Waals surface area contributed by atoms with Crippen molar-refractivity contribution in [3.63, 3.8) is 0 Å². The van der Waals surface area contributed by atoms with E-state index < -0.39 is 61.4 Å². The molecule has 27 heavy (non-hydrogen) atoms. The third-order valence-corrected chi connectivity index (χ3v) is 5.42. The summed E-state index contributed by atoms with van der Waals surface area (Å²) in [5, 5.41) is 40.3. The van der Waals surface area contributed by atoms with Gasteiger partial charge >= 0.3 is 0 Å². The Bertz CT molecular complexity index is 461. The summed E-state index contributed by atoms with van der Waals surface area (Å²) in [6.45, 7) is 0.0419. The lowest BCUT2D eigenvalue weighted by molar-refractivity contribution is -0.283. The van der Waals surface area contributed by atoms with Crippen molar-refractivity contribution in [1.29, 1.82) is 0 Å². The summed E-state index contributed by atoms with van der Waals surface area (Å²) in [6, 6.07) is 0. The topological polar surface area (TPSA) is 146 Å². The molecule has 4 aliphatic heterocycles. The van der Waals surface area contributed by atoms with E-state index >= 15 is 0 Å². The number of aliphatic hydroxyl groups is 4. The summed E-state index contributed by atoms with van der Waals surface area (Å²) in [4.78, 5) is 0. The van der Waals surface area contributed by atoms with Gasteiger partial charge in [-0.25, -0.2) is 0 Å². The van der Waals surface area contributed by atoms with E-state index in [9.17, 15) is 20.4 Å². The van der Waals surface area contributed by atoms with E-state index in [4.69, 9.17) is 33.2 Å². The van der Waals surface area contributed by atoms with E-state index in [1.54, 1.807) is 0 Å². The van der Waals surface area contributed by atoms with Crippen molar-refractivity contribution in [2.24, 2.45) is 0 Å². The van der Waals surface area contributed by atoms with Crippen molar-refractivity contribution in [2.75, 3.05) is 52.9 Å². The Balaban J connectivity index is 1.54. The van der Waals surface area contributed by atoms with Crippen LogP contribution in [0.3, 0.4) is 0 Å². The van der Waals surface area contributed by atoms with Crippen LogP contribution in [0.1, 0.15) is 0 Å². The van der Waals surface area contributed by atoms with Crippen molar-refractivity contribution in [3.8, 4) is 0 Å². The first-order valence-electron chi connectivity index (χ1n) is 9.07. The predicted molar refractivity (Wildman–Crippen MR) is 83.6 cm³/mol. The van der Waals surface area contributed by atoms with Crippen LogP contribution in [-0.2, 0) is 33.2 Å². The number of aliphatic hydroxyl groups excluding tert-OH is 4. The molecular formula is C16H26O11. The lowest BCUT2D eigenvalue weighted by Crippen LogP contribution is -2.58. The number of rotatable bonds is 6. The molecule has 4 heterocycles. The second-order valence-corrected chi connectivity index (χ2v) is 7.04. The molecule has 0 aliphatic carbocycles. The van der Waals surface area contributed by atoms with Crippen molar-refractivity contribution in [1.82, 2.24) is 0 Å². The SMILES string of the molecule is OCC1([C@H]2OC[C@H](O)[C@H]2O[C@@H]2[C@@H](O)CO[C@@H]2C2(CO)OCCO2)OCCO1. The Morgan fingerprint density at radius 3 is 1.41 bits per heavy atom. The summed E-state index contributed by atoms with van der Waals surface area (Å²) in [7, 11) is 0. The van der Waals surface area contributed by atoms with Gasteiger partial charge in [-0.3, -0.25) is 0 Å². The van der Waals surface area contributed by atoms with Gasteiger partial charge in [0, 0.05) is 0 Å². The highest BCUT2D eigenvalue weighted by Crippen LogP contribution is 2.38. The van der Waals surface area contributed by atoms with Gasteiger partial charge in [0.15, 0.2) is 0 Å². The number of ether oxygens (including phenoxy) is 7. The molecule has 11 nitrogen and oxygen atoms in total. The zero-order valence-electron chi connectivity index (χ0n) is 14.8. The van der Waals surface area contributed by atoms with Crippen LogP contribution in [0.4, 0.5) is 0 Å². The molecule has 156 valence electrons. The van der Waals surface area contributed by atoms with Crippen LogP contribution in [0.5, 0.6) is 0 Å². The standard InChI is InChI=1S/C16H26O11/c17-7-15(23-1-2-24-15)13-11(9(19)5-21-13)27-12-10(20)6-22-14(12)16(8-18)25-3-4-26-16/h9-14,17-20H,1-8H2/t9-,10-,11+,12+,13-,14-/m0/s1. The van der Waals surface area contributed by atoms with Crippen molar-refractivity contribution in [3.05, 3.63) is 0 Å². The molecule has 0 aromatic carbocycles. The van der Waals surface area contributed by atoms with Gasteiger partial charge < -0.3 is 53.6 Å². The molecule has 0 spiro atoms. The van der Waals surface area contributed by atoms with Crippen molar-refractivity contribution >= 4 is 0 Å². The molecular weight excluding hydrogens is 368 g/mol. The summed E-state index contributed by atoms with van der Waals surface area (Å²) >= 11 is 0. The maximum absolute atomic E-state index is 10.4. The molecule has 0 saturated carbocycles. The fourth-order valence-corrected chi connectivity index (χ4v) is 4.08. The molecule has 4 aliphatic rings. The smallest absolute Gasteiger partial charge is 0.221 e. The van der Waals surface area contributed by atoms with Gasteiger partial charge in [0.2, 0.25) is 11.6 Å². The average Bonchev–Trinajstić information content (AvgIpc) is 3.45. The van der Waals surface area contributed by atoms with E-state index in [2.05, 4.69) is 0 Å². The van der Waals surface area contributed by atoms with Gasteiger partial charge in [0.1, 0.15) is 49.8 Å². The van der Waals surface area contributed by atoms with E-state index in [0.29, 0.717) is 0 Å². The summed E-state index contributed by atoms with van der Waals surface area (Å²) < 4.78 is 39.4. The van der Waals surface area contributed by atoms with Crippen LogP contribution < -0.4 is 0 Å². The molecule has 4 saturated heterocycles. The van der Waals surface area contributed by atoms with Crippen LogP contribution in [-0.4, -0.2) is 121 Å². The molecule has 6 atom stereocenters. The maximum atomic E-state index is 10.4. The molecule has 0 bridgehead atoms. The first-order valence-corrected chi connectivity index (χ1v) is 9.07. The zero-order valence-corrected chi connectivity index (χ0v) is 14.8. The normalized spacial score (nSPS) is 43.6. The van der Waals surface area contributed by atoms with Gasteiger partial charge in [-0.2, -0.15) is 0 Å². The van der Waals surface area contributed by atoms with Gasteiger partial charge in [0.05, 0.1) is 39.6 Å². The van der Waals surface area contributed by atoms with E-state index in [1.807, 2.05) is 0 Å². The van der Waals surface area contributed by atoms with Crippen LogP contribution in [0, 0.1) is 0 Å². The predicted octanol–water partition coefficient (Wildman–Crippen LogP) is -3.27. The molecule has 0 amide bonds. The highest BCUT2D eigenvalue weighted by molar-refractivity contribution is 5.01. The largest absolute Gasteiger partial charge is 0.391 e. The van der Waals surface area contributed by atoms with E-state index in [1.165, 1.54) is 0 Å². The molecule has 11 heteroatoms. The second kappa shape index (κ2) is 7.76. The monoisotopic (exact) mass is 394 g/mol. The van der Waals surface area contributed by atoms with Crippen LogP contribution in [0.2, 0.25) is 0 Å². The van der Waals surface area contributed by atoms with Gasteiger partial charge in [-0.05, 0) is 0 Å². The fourth-order valence-electron chi connectivity index (χ4n) is 4.08. The van der Waals surface area contributed by atoms with Gasteiger partial charge in [0.25, 0.3) is 0 Å². The minimum absolute atomic E-state index is 0.0454. The second-order valence-electron chi connectivity index (χ2n) is 7.04. The molecule has 0 radical (unpaired) electrons. The number of hydrogen-bond donors (Lipinski definition) is 4. The third-order valence-electron chi connectivity index (χ3n) is 5.42. The minimum atomic E-state index is -1.45. The van der Waals surface area contributed by atoms with Crippen LogP contribution >= 0.6 is 0 Å². The average molecular weight is 394 g/mol. The molecule has 4 fully saturated rings. The van der Waals surface area contributed by atoms with Crippen molar-refractivity contribution < 1.29 is 53.6 Å². The van der Waals surface area contributed by atoms with E-state index in [-0.39, 0.29) is 39.6 Å². The summed E-state index contributed by atoms with van der Waals surface area (Å²) in [6.07, 6.45) is -5.81. The highest BCUT2D eigenvalue weighted by atomic mass is 16.8. The quantitative estimate of drug-likeness (QED) is 0.360. The lowest BCUT2D eigenvalue weighted by Gasteiger charge is -2.38. The summed E-state index contributed by atoms with van der Waals surface area (Å²) in [5.74, 6) is -2.89. The lowest BCUT2D eigenvalue weighted by atomic mass is 9.99. The Morgan fingerprint density at radius 2 is 1.07 bits per heavy atom. The Kier molecular flexibility index (Phi) is 5.71. The maximum Gasteiger partial charge on any atom is 0.221 e. The molecule has 4 rings (SSSR count). The highest BCUT2D eigenvalue weighted by Gasteiger charge is 2.59. The van der Waals surface area contributed by atoms with Gasteiger partial charge in [-0.15, -0.1) is 0 Å². The van der Waals surface area contributed by atoms with E-state index in [0.717, 1.165) is 0 Å². The molecule has 4 N–H and O–H groups in total. The Morgan fingerprint density at radius 1 is 0.704 bits per heavy atom. The number of hydrogen-bond acceptors (Lipinski definition) is 11.